The SMILES string of the molecule is CN(C)C(N)(CCl)CCCCC(=O)OC(C)(C)C. The van der Waals surface area contributed by atoms with Gasteiger partial charge >= 0.3 is 5.97 Å². The van der Waals surface area contributed by atoms with Gasteiger partial charge in [-0.05, 0) is 54.1 Å². The lowest BCUT2D eigenvalue weighted by atomic mass is 10.0. The Hall–Kier alpha value is -0.320. The molecule has 1 atom stereocenters. The molecule has 5 heteroatoms. The Bertz CT molecular complexity index is 264. The van der Waals surface area contributed by atoms with Gasteiger partial charge in [-0.2, -0.15) is 0 Å². The number of carbonyl (C=O) groups excluding carboxylic acids is 1. The van der Waals surface area contributed by atoms with Crippen molar-refractivity contribution in [1.29, 1.82) is 0 Å². The van der Waals surface area contributed by atoms with Crippen molar-refractivity contribution in [3.63, 3.8) is 0 Å². The molecular formula is C13H27ClN2O2. The number of halogens is 1. The predicted molar refractivity (Wildman–Crippen MR) is 75.6 cm³/mol. The van der Waals surface area contributed by atoms with E-state index in [9.17, 15) is 4.79 Å². The first-order valence-corrected chi connectivity index (χ1v) is 6.88. The van der Waals surface area contributed by atoms with Crippen LogP contribution in [0.1, 0.15) is 46.5 Å². The molecule has 2 N–H and O–H groups in total. The van der Waals surface area contributed by atoms with Gasteiger partial charge in [-0.25, -0.2) is 0 Å². The minimum absolute atomic E-state index is 0.152. The average Bonchev–Trinajstić information content (AvgIpc) is 2.21. The van der Waals surface area contributed by atoms with Crippen molar-refractivity contribution in [2.24, 2.45) is 5.73 Å². The van der Waals surface area contributed by atoms with Gasteiger partial charge in [-0.3, -0.25) is 9.69 Å². The van der Waals surface area contributed by atoms with Crippen molar-refractivity contribution in [3.05, 3.63) is 0 Å². The lowest BCUT2D eigenvalue weighted by Crippen LogP contribution is -2.54. The normalized spacial score (nSPS) is 15.6. The fourth-order valence-corrected chi connectivity index (χ4v) is 1.88. The first-order valence-electron chi connectivity index (χ1n) is 6.35. The second-order valence-electron chi connectivity index (χ2n) is 5.93. The van der Waals surface area contributed by atoms with Crippen LogP contribution in [0.2, 0.25) is 0 Å². The molecule has 108 valence electrons. The van der Waals surface area contributed by atoms with Crippen LogP contribution in [0.4, 0.5) is 0 Å². The maximum Gasteiger partial charge on any atom is 0.306 e. The Morgan fingerprint density at radius 3 is 2.22 bits per heavy atom. The zero-order valence-corrected chi connectivity index (χ0v) is 13.0. The van der Waals surface area contributed by atoms with E-state index in [2.05, 4.69) is 0 Å². The fraction of sp³-hybridized carbons (Fsp3) is 0.923. The molecule has 0 rings (SSSR count). The molecule has 0 amide bonds. The monoisotopic (exact) mass is 278 g/mol. The Morgan fingerprint density at radius 1 is 1.28 bits per heavy atom. The third-order valence-electron chi connectivity index (χ3n) is 2.78. The quantitative estimate of drug-likeness (QED) is 0.336. The number of hydrogen-bond acceptors (Lipinski definition) is 4. The first kappa shape index (κ1) is 17.7. The number of hydrogen-bond donors (Lipinski definition) is 1. The summed E-state index contributed by atoms with van der Waals surface area (Å²) in [5.41, 5.74) is 5.24. The lowest BCUT2D eigenvalue weighted by molar-refractivity contribution is -0.154. The zero-order valence-electron chi connectivity index (χ0n) is 12.3. The van der Waals surface area contributed by atoms with E-state index in [1.165, 1.54) is 0 Å². The number of rotatable bonds is 7. The van der Waals surface area contributed by atoms with Crippen LogP contribution in [0.25, 0.3) is 0 Å². The topological polar surface area (TPSA) is 55.6 Å². The molecule has 0 saturated carbocycles. The highest BCUT2D eigenvalue weighted by molar-refractivity contribution is 6.18. The smallest absolute Gasteiger partial charge is 0.306 e. The second-order valence-corrected chi connectivity index (χ2v) is 6.19. The van der Waals surface area contributed by atoms with Crippen LogP contribution in [-0.4, -0.2) is 42.1 Å². The predicted octanol–water partition coefficient (Wildman–Crippen LogP) is 2.34. The number of alkyl halides is 1. The van der Waals surface area contributed by atoms with Gasteiger partial charge in [-0.1, -0.05) is 0 Å². The summed E-state index contributed by atoms with van der Waals surface area (Å²) in [6, 6.07) is 0. The van der Waals surface area contributed by atoms with Crippen LogP contribution in [-0.2, 0) is 9.53 Å². The average molecular weight is 279 g/mol. The minimum atomic E-state index is -0.491. The molecule has 4 nitrogen and oxygen atoms in total. The van der Waals surface area contributed by atoms with Crippen LogP contribution < -0.4 is 5.73 Å². The number of nitrogens with zero attached hydrogens (tertiary/aromatic N) is 1. The summed E-state index contributed by atoms with van der Waals surface area (Å²) in [6.07, 6.45) is 2.84. The molecule has 0 saturated heterocycles. The largest absolute Gasteiger partial charge is 0.460 e. The molecule has 0 aromatic carbocycles. The van der Waals surface area contributed by atoms with Gasteiger partial charge in [0, 0.05) is 6.42 Å². The van der Waals surface area contributed by atoms with E-state index < -0.39 is 11.3 Å². The summed E-state index contributed by atoms with van der Waals surface area (Å²) >= 11 is 5.87. The Labute approximate surface area is 116 Å². The van der Waals surface area contributed by atoms with E-state index in [0.717, 1.165) is 19.3 Å². The number of unbranched alkanes of at least 4 members (excludes halogenated alkanes) is 1. The molecule has 0 aromatic rings. The van der Waals surface area contributed by atoms with Gasteiger partial charge < -0.3 is 10.5 Å². The Kier molecular flexibility index (Phi) is 7.18. The van der Waals surface area contributed by atoms with Crippen LogP contribution >= 0.6 is 11.6 Å². The van der Waals surface area contributed by atoms with E-state index in [4.69, 9.17) is 22.1 Å². The highest BCUT2D eigenvalue weighted by Gasteiger charge is 2.26. The number of nitrogens with two attached hydrogens (primary N) is 1. The van der Waals surface area contributed by atoms with Crippen molar-refractivity contribution < 1.29 is 9.53 Å². The highest BCUT2D eigenvalue weighted by atomic mass is 35.5. The van der Waals surface area contributed by atoms with Gasteiger partial charge in [0.25, 0.3) is 0 Å². The van der Waals surface area contributed by atoms with Gasteiger partial charge in [0.2, 0.25) is 0 Å². The van der Waals surface area contributed by atoms with Crippen molar-refractivity contribution in [3.8, 4) is 0 Å². The standard InChI is InChI=1S/C13H27ClN2O2/c1-12(2,3)18-11(17)8-6-7-9-13(15,10-14)16(4)5/h6-10,15H2,1-5H3. The van der Waals surface area contributed by atoms with Crippen molar-refractivity contribution in [2.45, 2.75) is 57.7 Å². The third kappa shape index (κ3) is 7.19. The van der Waals surface area contributed by atoms with E-state index in [-0.39, 0.29) is 5.97 Å². The molecule has 0 aliphatic rings. The molecular weight excluding hydrogens is 252 g/mol. The molecule has 0 fully saturated rings. The van der Waals surface area contributed by atoms with Crippen molar-refractivity contribution >= 4 is 17.6 Å². The maximum atomic E-state index is 11.5. The number of esters is 1. The van der Waals surface area contributed by atoms with E-state index in [1.54, 1.807) is 0 Å². The van der Waals surface area contributed by atoms with E-state index >= 15 is 0 Å². The van der Waals surface area contributed by atoms with Crippen LogP contribution in [0, 0.1) is 0 Å². The van der Waals surface area contributed by atoms with Gasteiger partial charge in [-0.15, -0.1) is 11.6 Å². The van der Waals surface area contributed by atoms with E-state index in [0.29, 0.717) is 12.3 Å². The molecule has 0 aliphatic heterocycles. The second kappa shape index (κ2) is 7.31. The van der Waals surface area contributed by atoms with Gasteiger partial charge in [0.05, 0.1) is 11.5 Å². The Morgan fingerprint density at radius 2 is 1.83 bits per heavy atom. The fourth-order valence-electron chi connectivity index (χ4n) is 1.50. The summed E-state index contributed by atoms with van der Waals surface area (Å²) in [5, 5.41) is 0. The number of ether oxygens (including phenoxy) is 1. The minimum Gasteiger partial charge on any atom is -0.460 e. The molecule has 0 aromatic heterocycles. The Balaban J connectivity index is 3.90. The first-order chi connectivity index (χ1) is 8.10. The summed E-state index contributed by atoms with van der Waals surface area (Å²) < 4.78 is 5.24. The summed E-state index contributed by atoms with van der Waals surface area (Å²) in [4.78, 5) is 13.4. The van der Waals surface area contributed by atoms with Gasteiger partial charge in [0.1, 0.15) is 5.60 Å². The van der Waals surface area contributed by atoms with Crippen LogP contribution in [0.5, 0.6) is 0 Å². The summed E-state index contributed by atoms with van der Waals surface area (Å²) in [7, 11) is 3.83. The molecule has 0 spiro atoms. The molecule has 18 heavy (non-hydrogen) atoms. The van der Waals surface area contributed by atoms with Crippen LogP contribution in [0.15, 0.2) is 0 Å². The van der Waals surface area contributed by atoms with Gasteiger partial charge in [0.15, 0.2) is 0 Å². The molecule has 0 bridgehead atoms. The lowest BCUT2D eigenvalue weighted by Gasteiger charge is -2.34. The highest BCUT2D eigenvalue weighted by Crippen LogP contribution is 2.17. The molecule has 0 radical (unpaired) electrons. The van der Waals surface area contributed by atoms with Crippen molar-refractivity contribution in [2.75, 3.05) is 20.0 Å². The zero-order chi connectivity index (χ0) is 14.4. The van der Waals surface area contributed by atoms with Crippen LogP contribution in [0.3, 0.4) is 0 Å². The van der Waals surface area contributed by atoms with Crippen molar-refractivity contribution in [1.82, 2.24) is 4.90 Å². The molecule has 0 heterocycles. The number of carbonyl (C=O) groups is 1. The summed E-state index contributed by atoms with van der Waals surface area (Å²) in [6.45, 7) is 5.61. The molecule has 1 unspecified atom stereocenters. The maximum absolute atomic E-state index is 11.5. The third-order valence-corrected chi connectivity index (χ3v) is 3.25. The van der Waals surface area contributed by atoms with E-state index in [1.807, 2.05) is 39.8 Å². The molecule has 0 aliphatic carbocycles. The summed E-state index contributed by atoms with van der Waals surface area (Å²) in [5.74, 6) is 0.229.